The second-order valence-electron chi connectivity index (χ2n) is 8.83. The van der Waals surface area contributed by atoms with Gasteiger partial charge in [0.25, 0.3) is 15.9 Å². The van der Waals surface area contributed by atoms with E-state index in [1.54, 1.807) is 30.3 Å². The third-order valence-corrected chi connectivity index (χ3v) is 8.34. The van der Waals surface area contributed by atoms with Crippen molar-refractivity contribution in [3.05, 3.63) is 111 Å². The third kappa shape index (κ3) is 6.16. The number of aryl methyl sites for hydroxylation is 2. The van der Waals surface area contributed by atoms with Gasteiger partial charge >= 0.3 is 0 Å². The van der Waals surface area contributed by atoms with Gasteiger partial charge in [-0.2, -0.15) is 5.10 Å². The Bertz CT molecular complexity index is 1670. The van der Waals surface area contributed by atoms with Crippen LogP contribution in [0.4, 0.5) is 10.1 Å². The van der Waals surface area contributed by atoms with Crippen molar-refractivity contribution in [2.45, 2.75) is 25.7 Å². The highest BCUT2D eigenvalue weighted by Crippen LogP contribution is 2.29. The Morgan fingerprint density at radius 3 is 2.38 bits per heavy atom. The molecular weight excluding hydrogens is 562 g/mol. The molecule has 0 bridgehead atoms. The summed E-state index contributed by atoms with van der Waals surface area (Å²) in [5.74, 6) is -1.53. The van der Waals surface area contributed by atoms with E-state index in [2.05, 4.69) is 10.5 Å². The van der Waals surface area contributed by atoms with Gasteiger partial charge in [0, 0.05) is 22.0 Å². The van der Waals surface area contributed by atoms with E-state index in [9.17, 15) is 17.6 Å². The molecule has 1 amide bonds. The van der Waals surface area contributed by atoms with Crippen LogP contribution < -0.4 is 9.73 Å². The fraction of sp³-hybridized carbons (Fsp3) is 0.143. The van der Waals surface area contributed by atoms with Crippen LogP contribution in [0.15, 0.2) is 82.8 Å². The Balaban J connectivity index is 1.57. The van der Waals surface area contributed by atoms with E-state index < -0.39 is 28.3 Å². The van der Waals surface area contributed by atoms with Gasteiger partial charge < -0.3 is 4.57 Å². The Labute approximate surface area is 236 Å². The lowest BCUT2D eigenvalue weighted by Crippen LogP contribution is -2.40. The maximum absolute atomic E-state index is 14.7. The number of hydrazone groups is 1. The van der Waals surface area contributed by atoms with Gasteiger partial charge in [-0.05, 0) is 69.3 Å². The van der Waals surface area contributed by atoms with E-state index >= 15 is 0 Å². The second kappa shape index (κ2) is 11.6. The highest BCUT2D eigenvalue weighted by atomic mass is 35.5. The van der Waals surface area contributed by atoms with Gasteiger partial charge in [0.05, 0.1) is 27.5 Å². The minimum absolute atomic E-state index is 0.0686. The molecule has 0 aliphatic heterocycles. The molecule has 4 aromatic rings. The predicted molar refractivity (Wildman–Crippen MR) is 153 cm³/mol. The molecule has 11 heteroatoms. The molecule has 39 heavy (non-hydrogen) atoms. The zero-order chi connectivity index (χ0) is 28.3. The summed E-state index contributed by atoms with van der Waals surface area (Å²) in [6.07, 6.45) is 1.45. The number of para-hydroxylation sites is 1. The molecule has 202 valence electrons. The first kappa shape index (κ1) is 28.4. The smallest absolute Gasteiger partial charge is 0.264 e. The van der Waals surface area contributed by atoms with Crippen LogP contribution in [0, 0.1) is 26.6 Å². The van der Waals surface area contributed by atoms with E-state index in [-0.39, 0.29) is 10.6 Å². The molecule has 0 radical (unpaired) electrons. The number of hydrogen-bond donors (Lipinski definition) is 1. The monoisotopic (exact) mass is 586 g/mol. The van der Waals surface area contributed by atoms with Crippen LogP contribution in [-0.2, 0) is 14.8 Å². The maximum atomic E-state index is 14.7. The zero-order valence-electron chi connectivity index (χ0n) is 21.3. The van der Waals surface area contributed by atoms with E-state index in [1.807, 2.05) is 31.4 Å². The Hall–Kier alpha value is -3.66. The molecule has 7 nitrogen and oxygen atoms in total. The zero-order valence-corrected chi connectivity index (χ0v) is 23.6. The molecule has 0 spiro atoms. The summed E-state index contributed by atoms with van der Waals surface area (Å²) in [4.78, 5) is 12.8. The van der Waals surface area contributed by atoms with E-state index in [1.165, 1.54) is 36.5 Å². The summed E-state index contributed by atoms with van der Waals surface area (Å²) >= 11 is 12.4. The number of amides is 1. The standard InChI is InChI=1S/C28H25Cl2FN4O3S/c1-18-8-11-23(12-9-18)39(37,38)34(27-7-5-4-6-25(27)31)17-28(36)33-32-16-21-14-19(2)35(20(21)3)26-13-10-22(29)15-24(26)30/h4-16H,17H2,1-3H3,(H,33,36)/b32-16-. The van der Waals surface area contributed by atoms with Crippen LogP contribution in [0.2, 0.25) is 10.0 Å². The number of halogens is 3. The minimum Gasteiger partial charge on any atom is -0.316 e. The number of sulfonamides is 1. The van der Waals surface area contributed by atoms with Crippen molar-refractivity contribution >= 4 is 51.0 Å². The number of carbonyl (C=O) groups excluding carboxylic acids is 1. The topological polar surface area (TPSA) is 83.8 Å². The van der Waals surface area contributed by atoms with Gasteiger partial charge in [-0.15, -0.1) is 0 Å². The molecule has 0 atom stereocenters. The van der Waals surface area contributed by atoms with Gasteiger partial charge in [-0.25, -0.2) is 18.2 Å². The van der Waals surface area contributed by atoms with Crippen LogP contribution in [-0.4, -0.2) is 31.7 Å². The summed E-state index contributed by atoms with van der Waals surface area (Å²) in [6, 6.07) is 18.5. The number of carbonyl (C=O) groups is 1. The van der Waals surface area contributed by atoms with E-state index in [0.29, 0.717) is 15.6 Å². The van der Waals surface area contributed by atoms with Crippen LogP contribution in [0.25, 0.3) is 5.69 Å². The van der Waals surface area contributed by atoms with Crippen molar-refractivity contribution in [1.29, 1.82) is 0 Å². The lowest BCUT2D eigenvalue weighted by molar-refractivity contribution is -0.119. The van der Waals surface area contributed by atoms with Gasteiger partial charge in [-0.1, -0.05) is 53.0 Å². The summed E-state index contributed by atoms with van der Waals surface area (Å²) in [6.45, 7) is 4.90. The number of nitrogens with one attached hydrogen (secondary N) is 1. The highest BCUT2D eigenvalue weighted by molar-refractivity contribution is 7.92. The summed E-state index contributed by atoms with van der Waals surface area (Å²) < 4.78 is 44.1. The first-order valence-electron chi connectivity index (χ1n) is 11.8. The average Bonchev–Trinajstić information content (AvgIpc) is 3.16. The third-order valence-electron chi connectivity index (χ3n) is 6.03. The van der Waals surface area contributed by atoms with Crippen molar-refractivity contribution in [3.63, 3.8) is 0 Å². The van der Waals surface area contributed by atoms with Crippen LogP contribution >= 0.6 is 23.2 Å². The van der Waals surface area contributed by atoms with Gasteiger partial charge in [0.2, 0.25) is 0 Å². The number of hydrogen-bond acceptors (Lipinski definition) is 4. The van der Waals surface area contributed by atoms with Crippen molar-refractivity contribution < 1.29 is 17.6 Å². The average molecular weight is 588 g/mol. The quantitative estimate of drug-likeness (QED) is 0.197. The van der Waals surface area contributed by atoms with Crippen molar-refractivity contribution in [2.24, 2.45) is 5.10 Å². The molecule has 3 aromatic carbocycles. The molecule has 0 saturated heterocycles. The molecule has 0 aliphatic carbocycles. The van der Waals surface area contributed by atoms with E-state index in [0.717, 1.165) is 33.0 Å². The molecule has 0 unspecified atom stereocenters. The van der Waals surface area contributed by atoms with Crippen LogP contribution in [0.5, 0.6) is 0 Å². The summed E-state index contributed by atoms with van der Waals surface area (Å²) in [5.41, 5.74) is 6.08. The predicted octanol–water partition coefficient (Wildman–Crippen LogP) is 6.19. The number of nitrogens with zero attached hydrogens (tertiary/aromatic N) is 3. The van der Waals surface area contributed by atoms with Gasteiger partial charge in [0.15, 0.2) is 0 Å². The second-order valence-corrected chi connectivity index (χ2v) is 11.5. The number of benzene rings is 3. The Kier molecular flexibility index (Phi) is 8.44. The molecule has 0 saturated carbocycles. The van der Waals surface area contributed by atoms with Gasteiger partial charge in [-0.3, -0.25) is 9.10 Å². The van der Waals surface area contributed by atoms with Crippen LogP contribution in [0.1, 0.15) is 22.5 Å². The number of aromatic nitrogens is 1. The normalized spacial score (nSPS) is 11.6. The van der Waals surface area contributed by atoms with Crippen molar-refractivity contribution in [2.75, 3.05) is 10.8 Å². The largest absolute Gasteiger partial charge is 0.316 e. The number of rotatable bonds is 8. The molecular formula is C28H25Cl2FN4O3S. The maximum Gasteiger partial charge on any atom is 0.264 e. The van der Waals surface area contributed by atoms with Crippen molar-refractivity contribution in [3.8, 4) is 5.69 Å². The SMILES string of the molecule is Cc1ccc(S(=O)(=O)N(CC(=O)N/N=C\c2cc(C)n(-c3ccc(Cl)cc3Cl)c2C)c2ccccc2F)cc1. The molecule has 4 rings (SSSR count). The fourth-order valence-corrected chi connectivity index (χ4v) is 6.00. The van der Waals surface area contributed by atoms with Gasteiger partial charge in [0.1, 0.15) is 12.4 Å². The Morgan fingerprint density at radius 1 is 1.03 bits per heavy atom. The lowest BCUT2D eigenvalue weighted by atomic mass is 10.2. The fourth-order valence-electron chi connectivity index (χ4n) is 4.08. The Morgan fingerprint density at radius 2 is 1.72 bits per heavy atom. The molecule has 0 aliphatic rings. The summed E-state index contributed by atoms with van der Waals surface area (Å²) in [5, 5.41) is 5.01. The highest BCUT2D eigenvalue weighted by Gasteiger charge is 2.29. The lowest BCUT2D eigenvalue weighted by Gasteiger charge is -2.24. The molecule has 0 fully saturated rings. The minimum atomic E-state index is -4.26. The first-order chi connectivity index (χ1) is 18.5. The summed E-state index contributed by atoms with van der Waals surface area (Å²) in [7, 11) is -4.26. The van der Waals surface area contributed by atoms with E-state index in [4.69, 9.17) is 23.2 Å². The van der Waals surface area contributed by atoms with Crippen molar-refractivity contribution in [1.82, 2.24) is 9.99 Å². The first-order valence-corrected chi connectivity index (χ1v) is 14.0. The molecule has 1 N–H and O–H groups in total. The van der Waals surface area contributed by atoms with Crippen LogP contribution in [0.3, 0.4) is 0 Å². The molecule has 1 heterocycles. The number of anilines is 1. The molecule has 1 aromatic heterocycles.